The van der Waals surface area contributed by atoms with Crippen LogP contribution < -0.4 is 9.64 Å². The van der Waals surface area contributed by atoms with Crippen LogP contribution in [-0.4, -0.2) is 42.6 Å². The van der Waals surface area contributed by atoms with Crippen molar-refractivity contribution in [2.45, 2.75) is 45.6 Å². The Morgan fingerprint density at radius 2 is 1.86 bits per heavy atom. The molecule has 0 N–H and O–H groups in total. The minimum atomic E-state index is -0.788. The Kier molecular flexibility index (Phi) is 4.13. The van der Waals surface area contributed by atoms with E-state index in [9.17, 15) is 4.79 Å². The van der Waals surface area contributed by atoms with Crippen molar-refractivity contribution in [2.24, 2.45) is 0 Å². The molecule has 4 heteroatoms. The van der Waals surface area contributed by atoms with Gasteiger partial charge in [0.25, 0.3) is 5.91 Å². The molecule has 4 nitrogen and oxygen atoms in total. The van der Waals surface area contributed by atoms with Gasteiger partial charge in [-0.1, -0.05) is 12.5 Å². The van der Waals surface area contributed by atoms with Crippen molar-refractivity contribution in [1.82, 2.24) is 4.90 Å². The van der Waals surface area contributed by atoms with Gasteiger partial charge in [-0.25, -0.2) is 0 Å². The first-order chi connectivity index (χ1) is 10.5. The van der Waals surface area contributed by atoms with Crippen LogP contribution in [0.4, 0.5) is 5.69 Å². The monoisotopic (exact) mass is 302 g/mol. The Labute approximate surface area is 133 Å². The van der Waals surface area contributed by atoms with E-state index in [-0.39, 0.29) is 5.91 Å². The molecule has 1 amide bonds. The van der Waals surface area contributed by atoms with E-state index in [4.69, 9.17) is 4.74 Å². The molecule has 1 aromatic carbocycles. The summed E-state index contributed by atoms with van der Waals surface area (Å²) < 4.78 is 5.90. The van der Waals surface area contributed by atoms with Gasteiger partial charge in [-0.05, 0) is 64.4 Å². The van der Waals surface area contributed by atoms with Gasteiger partial charge in [-0.3, -0.25) is 4.79 Å². The van der Waals surface area contributed by atoms with Crippen molar-refractivity contribution in [3.63, 3.8) is 0 Å². The lowest BCUT2D eigenvalue weighted by Gasteiger charge is -2.40. The van der Waals surface area contributed by atoms with Gasteiger partial charge in [0.2, 0.25) is 0 Å². The number of ether oxygens (including phenoxy) is 1. The molecule has 1 saturated heterocycles. The van der Waals surface area contributed by atoms with E-state index < -0.39 is 5.60 Å². The predicted molar refractivity (Wildman–Crippen MR) is 88.5 cm³/mol. The highest BCUT2D eigenvalue weighted by Crippen LogP contribution is 2.38. The number of piperidine rings is 1. The molecule has 2 aliphatic heterocycles. The molecular weight excluding hydrogens is 276 g/mol. The van der Waals surface area contributed by atoms with Crippen molar-refractivity contribution in [3.05, 3.63) is 23.8 Å². The standard InChI is InChI=1S/C18H26N2O2/c1-14-7-8-16-15(13-14)20(17(21)18(2,3)22-16)12-11-19-9-5-4-6-10-19/h7-8,13H,4-6,9-12H2,1-3H3. The fourth-order valence-corrected chi connectivity index (χ4v) is 3.32. The fourth-order valence-electron chi connectivity index (χ4n) is 3.32. The first-order valence-electron chi connectivity index (χ1n) is 8.31. The summed E-state index contributed by atoms with van der Waals surface area (Å²) in [5.41, 5.74) is 1.28. The minimum Gasteiger partial charge on any atom is -0.476 e. The summed E-state index contributed by atoms with van der Waals surface area (Å²) in [7, 11) is 0. The third-order valence-corrected chi connectivity index (χ3v) is 4.62. The lowest BCUT2D eigenvalue weighted by molar-refractivity contribution is -0.132. The zero-order valence-electron chi connectivity index (χ0n) is 13.9. The Bertz CT molecular complexity index is 562. The predicted octanol–water partition coefficient (Wildman–Crippen LogP) is 2.98. The average Bonchev–Trinajstić information content (AvgIpc) is 2.49. The highest BCUT2D eigenvalue weighted by Gasteiger charge is 2.40. The highest BCUT2D eigenvalue weighted by atomic mass is 16.5. The summed E-state index contributed by atoms with van der Waals surface area (Å²) in [5, 5.41) is 0. The Morgan fingerprint density at radius 3 is 2.59 bits per heavy atom. The Morgan fingerprint density at radius 1 is 1.14 bits per heavy atom. The van der Waals surface area contributed by atoms with Crippen molar-refractivity contribution in [1.29, 1.82) is 0 Å². The molecule has 2 heterocycles. The number of amides is 1. The van der Waals surface area contributed by atoms with Crippen LogP contribution in [0.2, 0.25) is 0 Å². The quantitative estimate of drug-likeness (QED) is 0.860. The number of nitrogens with zero attached hydrogens (tertiary/aromatic N) is 2. The van der Waals surface area contributed by atoms with E-state index in [2.05, 4.69) is 11.0 Å². The number of rotatable bonds is 3. The van der Waals surface area contributed by atoms with Crippen LogP contribution in [0.3, 0.4) is 0 Å². The third kappa shape index (κ3) is 2.98. The molecular formula is C18H26N2O2. The molecule has 22 heavy (non-hydrogen) atoms. The first-order valence-corrected chi connectivity index (χ1v) is 8.31. The Balaban J connectivity index is 1.81. The molecule has 0 spiro atoms. The molecule has 120 valence electrons. The molecule has 0 saturated carbocycles. The van der Waals surface area contributed by atoms with Gasteiger partial charge in [0.1, 0.15) is 5.75 Å². The number of benzene rings is 1. The lowest BCUT2D eigenvalue weighted by Crippen LogP contribution is -2.54. The molecule has 0 aliphatic carbocycles. The maximum Gasteiger partial charge on any atom is 0.270 e. The minimum absolute atomic E-state index is 0.0580. The molecule has 1 aromatic rings. The number of carbonyl (C=O) groups is 1. The van der Waals surface area contributed by atoms with Crippen molar-refractivity contribution < 1.29 is 9.53 Å². The van der Waals surface area contributed by atoms with Gasteiger partial charge >= 0.3 is 0 Å². The second-order valence-electron chi connectivity index (χ2n) is 6.94. The molecule has 0 bridgehead atoms. The van der Waals surface area contributed by atoms with E-state index in [1.165, 1.54) is 19.3 Å². The van der Waals surface area contributed by atoms with Gasteiger partial charge in [0.15, 0.2) is 5.60 Å². The zero-order chi connectivity index (χ0) is 15.7. The van der Waals surface area contributed by atoms with Crippen LogP contribution in [0, 0.1) is 6.92 Å². The van der Waals surface area contributed by atoms with Gasteiger partial charge < -0.3 is 14.5 Å². The van der Waals surface area contributed by atoms with Gasteiger partial charge in [-0.2, -0.15) is 0 Å². The zero-order valence-corrected chi connectivity index (χ0v) is 13.9. The van der Waals surface area contributed by atoms with Crippen LogP contribution in [0.5, 0.6) is 5.75 Å². The molecule has 0 radical (unpaired) electrons. The molecule has 0 unspecified atom stereocenters. The summed E-state index contributed by atoms with van der Waals surface area (Å²) >= 11 is 0. The number of anilines is 1. The van der Waals surface area contributed by atoms with Gasteiger partial charge in [-0.15, -0.1) is 0 Å². The van der Waals surface area contributed by atoms with Crippen molar-refractivity contribution >= 4 is 11.6 Å². The maximum atomic E-state index is 12.8. The second-order valence-corrected chi connectivity index (χ2v) is 6.94. The summed E-state index contributed by atoms with van der Waals surface area (Å²) in [6.07, 6.45) is 3.89. The van der Waals surface area contributed by atoms with Gasteiger partial charge in [0.05, 0.1) is 5.69 Å². The summed E-state index contributed by atoms with van der Waals surface area (Å²) in [5.74, 6) is 0.872. The number of fused-ring (bicyclic) bond motifs is 1. The lowest BCUT2D eigenvalue weighted by atomic mass is 10.0. The van der Waals surface area contributed by atoms with E-state index in [1.807, 2.05) is 37.8 Å². The molecule has 2 aliphatic rings. The molecule has 1 fully saturated rings. The number of aryl methyl sites for hydroxylation is 1. The number of hydrogen-bond acceptors (Lipinski definition) is 3. The number of carbonyl (C=O) groups excluding carboxylic acids is 1. The normalized spacial score (nSPS) is 21.4. The fraction of sp³-hybridized carbons (Fsp3) is 0.611. The van der Waals surface area contributed by atoms with E-state index in [0.29, 0.717) is 0 Å². The summed E-state index contributed by atoms with van der Waals surface area (Å²) in [4.78, 5) is 17.2. The van der Waals surface area contributed by atoms with E-state index in [0.717, 1.165) is 43.2 Å². The SMILES string of the molecule is Cc1ccc2c(c1)N(CCN1CCCCC1)C(=O)C(C)(C)O2. The Hall–Kier alpha value is -1.55. The molecule has 3 rings (SSSR count). The van der Waals surface area contributed by atoms with Crippen LogP contribution in [-0.2, 0) is 4.79 Å². The van der Waals surface area contributed by atoms with Crippen LogP contribution in [0.25, 0.3) is 0 Å². The second kappa shape index (κ2) is 5.92. The molecule has 0 aromatic heterocycles. The summed E-state index contributed by atoms with van der Waals surface area (Å²) in [6.45, 7) is 9.74. The number of likely N-dealkylation sites (tertiary alicyclic amines) is 1. The van der Waals surface area contributed by atoms with E-state index in [1.54, 1.807) is 0 Å². The summed E-state index contributed by atoms with van der Waals surface area (Å²) in [6, 6.07) is 6.07. The van der Waals surface area contributed by atoms with Crippen LogP contribution >= 0.6 is 0 Å². The van der Waals surface area contributed by atoms with Crippen molar-refractivity contribution in [3.8, 4) is 5.75 Å². The van der Waals surface area contributed by atoms with Gasteiger partial charge in [0, 0.05) is 13.1 Å². The largest absolute Gasteiger partial charge is 0.476 e. The topological polar surface area (TPSA) is 32.8 Å². The van der Waals surface area contributed by atoms with Crippen LogP contribution in [0.15, 0.2) is 18.2 Å². The van der Waals surface area contributed by atoms with E-state index >= 15 is 0 Å². The maximum absolute atomic E-state index is 12.8. The number of hydrogen-bond donors (Lipinski definition) is 0. The highest BCUT2D eigenvalue weighted by molar-refractivity contribution is 6.02. The van der Waals surface area contributed by atoms with Crippen LogP contribution in [0.1, 0.15) is 38.7 Å². The first kappa shape index (κ1) is 15.3. The third-order valence-electron chi connectivity index (χ3n) is 4.62. The molecule has 0 atom stereocenters. The van der Waals surface area contributed by atoms with Crippen molar-refractivity contribution in [2.75, 3.05) is 31.1 Å². The smallest absolute Gasteiger partial charge is 0.270 e. The average molecular weight is 302 g/mol.